The molecule has 0 bridgehead atoms. The van der Waals surface area contributed by atoms with Crippen LogP contribution in [0.4, 0.5) is 5.69 Å². The van der Waals surface area contributed by atoms with Crippen LogP contribution in [0.5, 0.6) is 0 Å². The van der Waals surface area contributed by atoms with E-state index in [9.17, 15) is 0 Å². The highest BCUT2D eigenvalue weighted by atomic mass is 35.5. The van der Waals surface area contributed by atoms with Gasteiger partial charge in [0.1, 0.15) is 0 Å². The first-order valence-corrected chi connectivity index (χ1v) is 12.0. The van der Waals surface area contributed by atoms with E-state index in [1.807, 2.05) is 23.9 Å². The monoisotopic (exact) mass is 451 g/mol. The molecule has 0 saturated carbocycles. The quantitative estimate of drug-likeness (QED) is 0.315. The molecule has 1 nitrogen and oxygen atoms in total. The molecule has 5 rings (SSSR count). The highest BCUT2D eigenvalue weighted by Crippen LogP contribution is 2.52. The molecule has 0 saturated heterocycles. The van der Waals surface area contributed by atoms with Crippen LogP contribution in [0.1, 0.15) is 40.6 Å². The molecule has 3 aromatic carbocycles. The minimum absolute atomic E-state index is 0.186. The van der Waals surface area contributed by atoms with Crippen LogP contribution in [0.15, 0.2) is 77.7 Å². The summed E-state index contributed by atoms with van der Waals surface area (Å²) in [6.45, 7) is 2.21. The average molecular weight is 452 g/mol. The molecule has 2 aliphatic rings. The Labute approximate surface area is 192 Å². The van der Waals surface area contributed by atoms with Crippen LogP contribution in [-0.4, -0.2) is 0 Å². The second-order valence-electron chi connectivity index (χ2n) is 8.12. The molecule has 0 radical (unpaired) electrons. The van der Waals surface area contributed by atoms with E-state index in [2.05, 4.69) is 72.9 Å². The summed E-state index contributed by atoms with van der Waals surface area (Å²) in [6.07, 6.45) is 5.77. The van der Waals surface area contributed by atoms with E-state index in [1.54, 1.807) is 0 Å². The van der Waals surface area contributed by atoms with Gasteiger partial charge in [-0.25, -0.2) is 0 Å². The van der Waals surface area contributed by atoms with Crippen LogP contribution in [0, 0.1) is 12.8 Å². The van der Waals surface area contributed by atoms with Gasteiger partial charge in [0.2, 0.25) is 0 Å². The summed E-state index contributed by atoms with van der Waals surface area (Å²) in [7, 11) is 0. The molecule has 3 aromatic rings. The third-order valence-corrected chi connectivity index (χ3v) is 7.82. The van der Waals surface area contributed by atoms with Crippen molar-refractivity contribution in [3.8, 4) is 0 Å². The molecule has 0 spiro atoms. The lowest BCUT2D eigenvalue weighted by Gasteiger charge is -2.39. The van der Waals surface area contributed by atoms with Crippen molar-refractivity contribution in [2.24, 2.45) is 5.92 Å². The molecular formula is C26H23Cl2NS. The van der Waals surface area contributed by atoms with Gasteiger partial charge in [-0.05, 0) is 65.8 Å². The number of thioether (sulfide) groups is 1. The zero-order valence-electron chi connectivity index (χ0n) is 16.7. The van der Waals surface area contributed by atoms with Crippen LogP contribution in [-0.2, 0) is 5.75 Å². The predicted molar refractivity (Wildman–Crippen MR) is 130 cm³/mol. The summed E-state index contributed by atoms with van der Waals surface area (Å²) in [5.41, 5.74) is 6.48. The maximum absolute atomic E-state index is 6.60. The van der Waals surface area contributed by atoms with Crippen LogP contribution in [0.3, 0.4) is 0 Å². The third kappa shape index (κ3) is 3.77. The van der Waals surface area contributed by atoms with Gasteiger partial charge in [-0.1, -0.05) is 71.8 Å². The standard InChI is InChI=1S/C26H23Cl2NS/c1-16-12-17(15-30-19-6-3-2-4-7-19)13-23-20-8-5-9-21(20)26(29-25(16)23)22-11-10-18(27)14-24(22)28/h2-8,10-14,20-21,26,29H,9,15H2,1H3/t20-,21+,26-/m0/s1. The molecule has 0 unspecified atom stereocenters. The average Bonchev–Trinajstić information content (AvgIpc) is 3.23. The smallest absolute Gasteiger partial charge is 0.0568 e. The second-order valence-corrected chi connectivity index (χ2v) is 10.0. The van der Waals surface area contributed by atoms with E-state index in [4.69, 9.17) is 23.2 Å². The number of hydrogen-bond acceptors (Lipinski definition) is 2. The van der Waals surface area contributed by atoms with E-state index in [0.717, 1.165) is 22.8 Å². The molecule has 0 amide bonds. The molecule has 1 heterocycles. The molecule has 0 fully saturated rings. The Morgan fingerprint density at radius 1 is 1.00 bits per heavy atom. The number of anilines is 1. The summed E-state index contributed by atoms with van der Waals surface area (Å²) in [4.78, 5) is 1.31. The first-order valence-electron chi connectivity index (χ1n) is 10.3. The number of aryl methyl sites for hydroxylation is 1. The molecule has 1 aliphatic heterocycles. The Morgan fingerprint density at radius 2 is 1.83 bits per heavy atom. The van der Waals surface area contributed by atoms with Crippen LogP contribution >= 0.6 is 35.0 Å². The Kier molecular flexibility index (Phi) is 5.58. The van der Waals surface area contributed by atoms with E-state index >= 15 is 0 Å². The predicted octanol–water partition coefficient (Wildman–Crippen LogP) is 8.42. The molecule has 3 atom stereocenters. The van der Waals surface area contributed by atoms with Crippen molar-refractivity contribution < 1.29 is 0 Å². The fourth-order valence-corrected chi connectivity index (χ4v) is 6.17. The van der Waals surface area contributed by atoms with Gasteiger partial charge in [-0.15, -0.1) is 11.8 Å². The largest absolute Gasteiger partial charge is 0.377 e. The van der Waals surface area contributed by atoms with Crippen LogP contribution in [0.2, 0.25) is 10.0 Å². The van der Waals surface area contributed by atoms with Crippen molar-refractivity contribution in [1.29, 1.82) is 0 Å². The molecule has 1 aliphatic carbocycles. The number of hydrogen-bond donors (Lipinski definition) is 1. The number of allylic oxidation sites excluding steroid dienone is 2. The highest BCUT2D eigenvalue weighted by Gasteiger charge is 2.39. The summed E-state index contributed by atoms with van der Waals surface area (Å²) in [5, 5.41) is 5.26. The zero-order valence-corrected chi connectivity index (χ0v) is 19.1. The van der Waals surface area contributed by atoms with Gasteiger partial charge in [0.05, 0.1) is 6.04 Å². The summed E-state index contributed by atoms with van der Waals surface area (Å²) >= 11 is 14.6. The summed E-state index contributed by atoms with van der Waals surface area (Å²) in [5.74, 6) is 1.86. The summed E-state index contributed by atoms with van der Waals surface area (Å²) < 4.78 is 0. The molecule has 1 N–H and O–H groups in total. The third-order valence-electron chi connectivity index (χ3n) is 6.17. The number of halogens is 2. The van der Waals surface area contributed by atoms with E-state index in [1.165, 1.54) is 27.3 Å². The Hall–Kier alpha value is -1.87. The van der Waals surface area contributed by atoms with Gasteiger partial charge in [-0.3, -0.25) is 0 Å². The normalized spacial score (nSPS) is 21.8. The van der Waals surface area contributed by atoms with Crippen LogP contribution in [0.25, 0.3) is 0 Å². The molecule has 0 aromatic heterocycles. The molecule has 30 heavy (non-hydrogen) atoms. The van der Waals surface area contributed by atoms with Crippen molar-refractivity contribution in [3.63, 3.8) is 0 Å². The van der Waals surface area contributed by atoms with Crippen LogP contribution < -0.4 is 5.32 Å². The fraction of sp³-hybridized carbons (Fsp3) is 0.231. The Bertz CT molecular complexity index is 1110. The van der Waals surface area contributed by atoms with Crippen molar-refractivity contribution in [3.05, 3.63) is 105 Å². The van der Waals surface area contributed by atoms with Crippen molar-refractivity contribution >= 4 is 40.7 Å². The SMILES string of the molecule is Cc1cc(CSc2ccccc2)cc2c1N[C@H](c1ccc(Cl)cc1Cl)[C@@H]1CC=C[C@H]21. The van der Waals surface area contributed by atoms with Gasteiger partial charge in [-0.2, -0.15) is 0 Å². The van der Waals surface area contributed by atoms with E-state index in [0.29, 0.717) is 16.9 Å². The first-order chi connectivity index (χ1) is 14.6. The topological polar surface area (TPSA) is 12.0 Å². The van der Waals surface area contributed by atoms with Crippen molar-refractivity contribution in [2.45, 2.75) is 36.0 Å². The van der Waals surface area contributed by atoms with Gasteiger partial charge in [0, 0.05) is 32.3 Å². The minimum atomic E-state index is 0.186. The maximum atomic E-state index is 6.60. The number of fused-ring (bicyclic) bond motifs is 3. The van der Waals surface area contributed by atoms with Gasteiger partial charge < -0.3 is 5.32 Å². The number of rotatable bonds is 4. The van der Waals surface area contributed by atoms with Gasteiger partial charge in [0.25, 0.3) is 0 Å². The summed E-state index contributed by atoms with van der Waals surface area (Å²) in [6, 6.07) is 21.4. The Morgan fingerprint density at radius 3 is 2.63 bits per heavy atom. The molecular weight excluding hydrogens is 429 g/mol. The highest BCUT2D eigenvalue weighted by molar-refractivity contribution is 7.98. The molecule has 4 heteroatoms. The van der Waals surface area contributed by atoms with Crippen molar-refractivity contribution in [2.75, 3.05) is 5.32 Å². The maximum Gasteiger partial charge on any atom is 0.0568 e. The second kappa shape index (κ2) is 8.34. The Balaban J connectivity index is 1.48. The zero-order chi connectivity index (χ0) is 20.7. The van der Waals surface area contributed by atoms with Gasteiger partial charge in [0.15, 0.2) is 0 Å². The lowest BCUT2D eigenvalue weighted by atomic mass is 9.76. The fourth-order valence-electron chi connectivity index (χ4n) is 4.79. The lowest BCUT2D eigenvalue weighted by Crippen LogP contribution is -2.30. The van der Waals surface area contributed by atoms with E-state index < -0.39 is 0 Å². The number of nitrogens with one attached hydrogen (secondary N) is 1. The molecule has 152 valence electrons. The number of benzene rings is 3. The minimum Gasteiger partial charge on any atom is -0.377 e. The van der Waals surface area contributed by atoms with Gasteiger partial charge >= 0.3 is 0 Å². The first kappa shape index (κ1) is 20.1. The lowest BCUT2D eigenvalue weighted by molar-refractivity contribution is 0.425. The van der Waals surface area contributed by atoms with Crippen molar-refractivity contribution in [1.82, 2.24) is 0 Å². The van der Waals surface area contributed by atoms with E-state index in [-0.39, 0.29) is 6.04 Å².